The summed E-state index contributed by atoms with van der Waals surface area (Å²) in [4.78, 5) is 11.4. The Morgan fingerprint density at radius 1 is 1.56 bits per heavy atom. The number of hydrogen-bond donors (Lipinski definition) is 1. The SMILES string of the molecule is COC(=O)c1ccc(F)c2c1CC[C@@H]2N.Cl. The third-order valence-electron chi connectivity index (χ3n) is 2.79. The summed E-state index contributed by atoms with van der Waals surface area (Å²) in [5, 5.41) is 0. The Labute approximate surface area is 99.2 Å². The van der Waals surface area contributed by atoms with Crippen molar-refractivity contribution in [3.63, 3.8) is 0 Å². The standard InChI is InChI=1S/C11H12FNO2.ClH/c1-15-11(14)7-2-4-8(12)10-6(7)3-5-9(10)13;/h2,4,9H,3,5,13H2,1H3;1H/t9-;/m0./s1. The number of halogens is 2. The highest BCUT2D eigenvalue weighted by atomic mass is 35.5. The molecule has 1 aromatic carbocycles. The number of benzene rings is 1. The van der Waals surface area contributed by atoms with Crippen molar-refractivity contribution in [2.75, 3.05) is 7.11 Å². The lowest BCUT2D eigenvalue weighted by Crippen LogP contribution is -2.10. The number of ether oxygens (including phenoxy) is 1. The maximum atomic E-state index is 13.5. The van der Waals surface area contributed by atoms with E-state index in [-0.39, 0.29) is 24.3 Å². The van der Waals surface area contributed by atoms with Gasteiger partial charge in [-0.05, 0) is 30.5 Å². The van der Waals surface area contributed by atoms with E-state index in [1.807, 2.05) is 0 Å². The fourth-order valence-corrected chi connectivity index (χ4v) is 2.05. The van der Waals surface area contributed by atoms with Crippen LogP contribution < -0.4 is 5.73 Å². The van der Waals surface area contributed by atoms with Crippen LogP contribution >= 0.6 is 12.4 Å². The third kappa shape index (κ3) is 1.90. The second-order valence-corrected chi connectivity index (χ2v) is 3.62. The van der Waals surface area contributed by atoms with Crippen molar-refractivity contribution in [1.29, 1.82) is 0 Å². The van der Waals surface area contributed by atoms with Crippen molar-refractivity contribution in [1.82, 2.24) is 0 Å². The van der Waals surface area contributed by atoms with E-state index in [0.717, 1.165) is 0 Å². The molecule has 0 heterocycles. The molecule has 0 saturated heterocycles. The highest BCUT2D eigenvalue weighted by molar-refractivity contribution is 5.91. The van der Waals surface area contributed by atoms with Crippen LogP contribution in [0.5, 0.6) is 0 Å². The van der Waals surface area contributed by atoms with E-state index >= 15 is 0 Å². The molecule has 16 heavy (non-hydrogen) atoms. The minimum atomic E-state index is -0.430. The molecule has 88 valence electrons. The molecule has 2 N–H and O–H groups in total. The zero-order valence-corrected chi connectivity index (χ0v) is 9.64. The Hall–Kier alpha value is -1.13. The molecular formula is C11H13ClFNO2. The van der Waals surface area contributed by atoms with Gasteiger partial charge in [0.25, 0.3) is 0 Å². The molecule has 5 heteroatoms. The van der Waals surface area contributed by atoms with Gasteiger partial charge in [-0.2, -0.15) is 0 Å². The molecule has 1 aliphatic carbocycles. The first-order chi connectivity index (χ1) is 7.15. The quantitative estimate of drug-likeness (QED) is 0.770. The molecule has 3 nitrogen and oxygen atoms in total. The summed E-state index contributed by atoms with van der Waals surface area (Å²) in [5.74, 6) is -0.761. The van der Waals surface area contributed by atoms with Crippen LogP contribution in [-0.2, 0) is 11.2 Å². The fraction of sp³-hybridized carbons (Fsp3) is 0.364. The van der Waals surface area contributed by atoms with Crippen LogP contribution in [0.3, 0.4) is 0 Å². The van der Waals surface area contributed by atoms with Crippen LogP contribution in [-0.4, -0.2) is 13.1 Å². The Balaban J connectivity index is 0.00000128. The van der Waals surface area contributed by atoms with Gasteiger partial charge in [-0.1, -0.05) is 0 Å². The Morgan fingerprint density at radius 2 is 2.25 bits per heavy atom. The molecule has 0 amide bonds. The smallest absolute Gasteiger partial charge is 0.338 e. The number of esters is 1. The first-order valence-corrected chi connectivity index (χ1v) is 4.80. The van der Waals surface area contributed by atoms with E-state index < -0.39 is 5.97 Å². The molecule has 0 aromatic heterocycles. The fourth-order valence-electron chi connectivity index (χ4n) is 2.05. The second kappa shape index (κ2) is 4.80. The summed E-state index contributed by atoms with van der Waals surface area (Å²) in [6.45, 7) is 0. The molecule has 0 radical (unpaired) electrons. The molecule has 0 saturated carbocycles. The third-order valence-corrected chi connectivity index (χ3v) is 2.79. The maximum absolute atomic E-state index is 13.5. The number of nitrogens with two attached hydrogens (primary N) is 1. The molecule has 0 fully saturated rings. The van der Waals surface area contributed by atoms with Gasteiger partial charge in [0.2, 0.25) is 0 Å². The first-order valence-electron chi connectivity index (χ1n) is 4.80. The van der Waals surface area contributed by atoms with Gasteiger partial charge >= 0.3 is 5.97 Å². The van der Waals surface area contributed by atoms with Gasteiger partial charge in [-0.25, -0.2) is 9.18 Å². The minimum Gasteiger partial charge on any atom is -0.465 e. The van der Waals surface area contributed by atoms with Gasteiger partial charge in [-0.15, -0.1) is 12.4 Å². The van der Waals surface area contributed by atoms with Gasteiger partial charge < -0.3 is 10.5 Å². The van der Waals surface area contributed by atoms with Crippen molar-refractivity contribution in [3.8, 4) is 0 Å². The maximum Gasteiger partial charge on any atom is 0.338 e. The molecule has 1 aliphatic rings. The number of hydrogen-bond acceptors (Lipinski definition) is 3. The van der Waals surface area contributed by atoms with Crippen LogP contribution in [0.1, 0.15) is 33.9 Å². The zero-order valence-electron chi connectivity index (χ0n) is 8.83. The summed E-state index contributed by atoms with van der Waals surface area (Å²) in [6, 6.07) is 2.43. The molecule has 1 atom stereocenters. The van der Waals surface area contributed by atoms with Gasteiger partial charge in [0.1, 0.15) is 5.82 Å². The lowest BCUT2D eigenvalue weighted by atomic mass is 10.0. The monoisotopic (exact) mass is 245 g/mol. The molecular weight excluding hydrogens is 233 g/mol. The average molecular weight is 246 g/mol. The van der Waals surface area contributed by atoms with Crippen LogP contribution in [0, 0.1) is 5.82 Å². The molecule has 0 unspecified atom stereocenters. The van der Waals surface area contributed by atoms with Crippen LogP contribution in [0.25, 0.3) is 0 Å². The van der Waals surface area contributed by atoms with E-state index in [1.165, 1.54) is 19.2 Å². The Morgan fingerprint density at radius 3 is 2.88 bits per heavy atom. The highest BCUT2D eigenvalue weighted by Gasteiger charge is 2.27. The molecule has 0 aliphatic heterocycles. The first kappa shape index (κ1) is 12.9. The van der Waals surface area contributed by atoms with Crippen molar-refractivity contribution in [3.05, 3.63) is 34.6 Å². The normalized spacial score (nSPS) is 17.6. The number of carbonyl (C=O) groups is 1. The number of rotatable bonds is 1. The van der Waals surface area contributed by atoms with Crippen LogP contribution in [0.2, 0.25) is 0 Å². The Bertz CT molecular complexity index is 423. The van der Waals surface area contributed by atoms with Gasteiger partial charge in [0.05, 0.1) is 12.7 Å². The summed E-state index contributed by atoms with van der Waals surface area (Å²) >= 11 is 0. The summed E-state index contributed by atoms with van der Waals surface area (Å²) in [7, 11) is 1.31. The van der Waals surface area contributed by atoms with E-state index in [4.69, 9.17) is 5.73 Å². The predicted octanol–water partition coefficient (Wildman–Crippen LogP) is 1.98. The lowest BCUT2D eigenvalue weighted by molar-refractivity contribution is 0.0599. The predicted molar refractivity (Wildman–Crippen MR) is 60.2 cm³/mol. The Kier molecular flexibility index (Phi) is 3.88. The van der Waals surface area contributed by atoms with Crippen molar-refractivity contribution in [2.45, 2.75) is 18.9 Å². The van der Waals surface area contributed by atoms with Gasteiger partial charge in [0, 0.05) is 11.6 Å². The van der Waals surface area contributed by atoms with Crippen molar-refractivity contribution >= 4 is 18.4 Å². The average Bonchev–Trinajstić information content (AvgIpc) is 2.61. The second-order valence-electron chi connectivity index (χ2n) is 3.62. The summed E-state index contributed by atoms with van der Waals surface area (Å²) in [6.07, 6.45) is 1.32. The van der Waals surface area contributed by atoms with Crippen molar-refractivity contribution in [2.24, 2.45) is 5.73 Å². The van der Waals surface area contributed by atoms with E-state index in [1.54, 1.807) is 0 Å². The van der Waals surface area contributed by atoms with Gasteiger partial charge in [0.15, 0.2) is 0 Å². The van der Waals surface area contributed by atoms with E-state index in [2.05, 4.69) is 4.74 Å². The summed E-state index contributed by atoms with van der Waals surface area (Å²) < 4.78 is 18.1. The number of methoxy groups -OCH3 is 1. The zero-order chi connectivity index (χ0) is 11.0. The largest absolute Gasteiger partial charge is 0.465 e. The minimum absolute atomic E-state index is 0. The molecule has 2 rings (SSSR count). The molecule has 0 spiro atoms. The number of carbonyl (C=O) groups excluding carboxylic acids is 1. The lowest BCUT2D eigenvalue weighted by Gasteiger charge is -2.09. The number of fused-ring (bicyclic) bond motifs is 1. The van der Waals surface area contributed by atoms with E-state index in [9.17, 15) is 9.18 Å². The van der Waals surface area contributed by atoms with Crippen LogP contribution in [0.15, 0.2) is 12.1 Å². The summed E-state index contributed by atoms with van der Waals surface area (Å²) in [5.41, 5.74) is 7.37. The molecule has 1 aromatic rings. The van der Waals surface area contributed by atoms with Crippen molar-refractivity contribution < 1.29 is 13.9 Å². The topological polar surface area (TPSA) is 52.3 Å². The van der Waals surface area contributed by atoms with Gasteiger partial charge in [-0.3, -0.25) is 0 Å². The highest BCUT2D eigenvalue weighted by Crippen LogP contribution is 2.33. The van der Waals surface area contributed by atoms with E-state index in [0.29, 0.717) is 29.5 Å². The van der Waals surface area contributed by atoms with Crippen LogP contribution in [0.4, 0.5) is 4.39 Å². The molecule has 0 bridgehead atoms.